The van der Waals surface area contributed by atoms with E-state index in [0.29, 0.717) is 48.9 Å². The zero-order chi connectivity index (χ0) is 30.5. The molecule has 42 heavy (non-hydrogen) atoms. The molecule has 1 heterocycles. The number of ether oxygens (including phenoxy) is 2. The van der Waals surface area contributed by atoms with Crippen molar-refractivity contribution in [1.29, 1.82) is 0 Å². The van der Waals surface area contributed by atoms with Crippen LogP contribution in [0.2, 0.25) is 0 Å². The van der Waals surface area contributed by atoms with Gasteiger partial charge in [-0.2, -0.15) is 0 Å². The Morgan fingerprint density at radius 3 is 2.60 bits per heavy atom. The Labute approximate surface area is 253 Å². The SMILES string of the molecule is CCCCCC(=O)Nc1nc2c(s1)CC1C(C)(CO)C(O)CCC1(C)C2CC(=O)NCCc1ccc(OC)c(OC)c1. The average Bonchev–Trinajstić information content (AvgIpc) is 3.38. The van der Waals surface area contributed by atoms with Gasteiger partial charge in [-0.05, 0) is 61.1 Å². The number of hydrogen-bond acceptors (Lipinski definition) is 8. The molecule has 2 aliphatic rings. The van der Waals surface area contributed by atoms with E-state index in [2.05, 4.69) is 24.5 Å². The van der Waals surface area contributed by atoms with Gasteiger partial charge in [0.1, 0.15) is 0 Å². The second kappa shape index (κ2) is 13.7. The number of fused-ring (bicyclic) bond motifs is 2. The van der Waals surface area contributed by atoms with Gasteiger partial charge in [0.2, 0.25) is 11.8 Å². The minimum Gasteiger partial charge on any atom is -0.493 e. The van der Waals surface area contributed by atoms with Gasteiger partial charge in [0.25, 0.3) is 0 Å². The van der Waals surface area contributed by atoms with Crippen LogP contribution >= 0.6 is 11.3 Å². The lowest BCUT2D eigenvalue weighted by Crippen LogP contribution is -2.57. The number of unbranched alkanes of at least 4 members (excludes halogenated alkanes) is 2. The van der Waals surface area contributed by atoms with Crippen molar-refractivity contribution >= 4 is 28.3 Å². The molecule has 4 N–H and O–H groups in total. The highest BCUT2D eigenvalue weighted by atomic mass is 32.1. The third-order valence-corrected chi connectivity index (χ3v) is 10.7. The number of methoxy groups -OCH3 is 2. The van der Waals surface area contributed by atoms with Gasteiger partial charge in [0.15, 0.2) is 16.6 Å². The quantitative estimate of drug-likeness (QED) is 0.242. The Balaban J connectivity index is 1.53. The van der Waals surface area contributed by atoms with Gasteiger partial charge in [-0.25, -0.2) is 4.98 Å². The van der Waals surface area contributed by atoms with Gasteiger partial charge >= 0.3 is 0 Å². The van der Waals surface area contributed by atoms with Crippen LogP contribution in [0.5, 0.6) is 11.5 Å². The molecule has 2 amide bonds. The lowest BCUT2D eigenvalue weighted by Gasteiger charge is -2.58. The molecule has 232 valence electrons. The Morgan fingerprint density at radius 2 is 1.90 bits per heavy atom. The summed E-state index contributed by atoms with van der Waals surface area (Å²) in [5, 5.41) is 28.1. The fourth-order valence-electron chi connectivity index (χ4n) is 7.06. The number of anilines is 1. The zero-order valence-electron chi connectivity index (χ0n) is 25.6. The summed E-state index contributed by atoms with van der Waals surface area (Å²) in [6.07, 6.45) is 5.56. The fraction of sp³-hybridized carbons (Fsp3) is 0.656. The van der Waals surface area contributed by atoms with E-state index in [1.165, 1.54) is 11.3 Å². The van der Waals surface area contributed by atoms with Crippen molar-refractivity contribution in [3.05, 3.63) is 34.3 Å². The monoisotopic (exact) mass is 601 g/mol. The van der Waals surface area contributed by atoms with Crippen LogP contribution in [0.4, 0.5) is 5.13 Å². The topological polar surface area (TPSA) is 130 Å². The van der Waals surface area contributed by atoms with Crippen molar-refractivity contribution < 1.29 is 29.3 Å². The van der Waals surface area contributed by atoms with Crippen LogP contribution in [0.3, 0.4) is 0 Å². The maximum atomic E-state index is 13.4. The molecule has 10 heteroatoms. The van der Waals surface area contributed by atoms with Crippen molar-refractivity contribution in [3.8, 4) is 11.5 Å². The van der Waals surface area contributed by atoms with Crippen molar-refractivity contribution in [2.24, 2.45) is 16.7 Å². The molecule has 0 saturated heterocycles. The first kappa shape index (κ1) is 32.2. The molecular formula is C32H47N3O6S. The largest absolute Gasteiger partial charge is 0.493 e. The molecule has 2 aromatic rings. The number of amides is 2. The molecule has 0 radical (unpaired) electrons. The molecule has 5 atom stereocenters. The summed E-state index contributed by atoms with van der Waals surface area (Å²) >= 11 is 1.46. The minimum absolute atomic E-state index is 0.0376. The van der Waals surface area contributed by atoms with E-state index in [0.717, 1.165) is 41.8 Å². The maximum absolute atomic E-state index is 13.4. The molecule has 1 fully saturated rings. The van der Waals surface area contributed by atoms with E-state index < -0.39 is 11.5 Å². The van der Waals surface area contributed by atoms with E-state index in [1.807, 2.05) is 25.1 Å². The number of aliphatic hydroxyl groups excluding tert-OH is 2. The lowest BCUT2D eigenvalue weighted by molar-refractivity contribution is -0.144. The number of carbonyl (C=O) groups excluding carboxylic acids is 2. The molecule has 0 aliphatic heterocycles. The smallest absolute Gasteiger partial charge is 0.226 e. The molecule has 1 aromatic heterocycles. The summed E-state index contributed by atoms with van der Waals surface area (Å²) in [5.41, 5.74) is 0.856. The van der Waals surface area contributed by atoms with Crippen molar-refractivity contribution in [2.45, 2.75) is 90.6 Å². The predicted octanol–water partition coefficient (Wildman–Crippen LogP) is 4.84. The lowest BCUT2D eigenvalue weighted by atomic mass is 9.47. The number of benzene rings is 1. The van der Waals surface area contributed by atoms with Crippen molar-refractivity contribution in [3.63, 3.8) is 0 Å². The standard InChI is InChI=1S/C32H47N3O6S/c1-6-7-8-9-27(38)34-30-35-29-21(17-28(39)33-15-13-20-10-11-22(40-4)23(16-20)41-5)31(2)14-12-26(37)32(3,19-36)25(31)18-24(29)42-30/h10-11,16,21,25-26,36-37H,6-9,12-15,17-19H2,1-5H3,(H,33,39)(H,34,35,38). The van der Waals surface area contributed by atoms with Gasteiger partial charge < -0.3 is 30.3 Å². The van der Waals surface area contributed by atoms with Crippen LogP contribution in [-0.4, -0.2) is 60.5 Å². The molecule has 9 nitrogen and oxygen atoms in total. The number of nitrogens with one attached hydrogen (secondary N) is 2. The highest BCUT2D eigenvalue weighted by Gasteiger charge is 2.59. The second-order valence-corrected chi connectivity index (χ2v) is 13.4. The summed E-state index contributed by atoms with van der Waals surface area (Å²) in [6.45, 7) is 6.59. The molecule has 4 rings (SSSR count). The highest BCUT2D eigenvalue weighted by molar-refractivity contribution is 7.15. The van der Waals surface area contributed by atoms with E-state index in [1.54, 1.807) is 14.2 Å². The van der Waals surface area contributed by atoms with Crippen molar-refractivity contribution in [2.75, 3.05) is 32.7 Å². The number of nitrogens with zero attached hydrogens (tertiary/aromatic N) is 1. The zero-order valence-corrected chi connectivity index (χ0v) is 26.4. The van der Waals surface area contributed by atoms with Crippen LogP contribution in [-0.2, 0) is 22.4 Å². The molecular weight excluding hydrogens is 554 g/mol. The first-order chi connectivity index (χ1) is 20.1. The van der Waals surface area contributed by atoms with Gasteiger partial charge in [-0.15, -0.1) is 11.3 Å². The number of aromatic nitrogens is 1. The van der Waals surface area contributed by atoms with Crippen LogP contribution in [0.15, 0.2) is 18.2 Å². The van der Waals surface area contributed by atoms with E-state index in [9.17, 15) is 19.8 Å². The van der Waals surface area contributed by atoms with Crippen LogP contribution in [0, 0.1) is 16.7 Å². The van der Waals surface area contributed by atoms with Crippen LogP contribution < -0.4 is 20.1 Å². The maximum Gasteiger partial charge on any atom is 0.226 e. The van der Waals surface area contributed by atoms with Gasteiger partial charge in [-0.3, -0.25) is 9.59 Å². The van der Waals surface area contributed by atoms with E-state index in [-0.39, 0.29) is 42.1 Å². The molecule has 1 saturated carbocycles. The molecule has 0 bridgehead atoms. The number of hydrogen-bond donors (Lipinski definition) is 4. The number of rotatable bonds is 13. The summed E-state index contributed by atoms with van der Waals surface area (Å²) in [7, 11) is 3.20. The Kier molecular flexibility index (Phi) is 10.5. The van der Waals surface area contributed by atoms with Gasteiger partial charge in [0, 0.05) is 35.6 Å². The molecule has 0 spiro atoms. The Morgan fingerprint density at radius 1 is 1.14 bits per heavy atom. The average molecular weight is 602 g/mol. The van der Waals surface area contributed by atoms with Gasteiger partial charge in [0.05, 0.1) is 32.6 Å². The fourth-order valence-corrected chi connectivity index (χ4v) is 8.14. The molecule has 5 unspecified atom stereocenters. The predicted molar refractivity (Wildman–Crippen MR) is 164 cm³/mol. The van der Waals surface area contributed by atoms with E-state index >= 15 is 0 Å². The Bertz CT molecular complexity index is 1250. The molecule has 2 aliphatic carbocycles. The van der Waals surface area contributed by atoms with E-state index in [4.69, 9.17) is 14.5 Å². The molecule has 1 aromatic carbocycles. The van der Waals surface area contributed by atoms with Crippen molar-refractivity contribution in [1.82, 2.24) is 10.3 Å². The van der Waals surface area contributed by atoms with Crippen LogP contribution in [0.25, 0.3) is 0 Å². The first-order valence-corrected chi connectivity index (χ1v) is 16.0. The summed E-state index contributed by atoms with van der Waals surface area (Å²) in [5.74, 6) is 0.963. The minimum atomic E-state index is -0.694. The third kappa shape index (κ3) is 6.60. The van der Waals surface area contributed by atoms with Crippen LogP contribution in [0.1, 0.15) is 87.8 Å². The number of aliphatic hydroxyl groups is 2. The third-order valence-electron chi connectivity index (χ3n) is 9.72. The second-order valence-electron chi connectivity index (χ2n) is 12.4. The summed E-state index contributed by atoms with van der Waals surface area (Å²) in [4.78, 5) is 31.9. The van der Waals surface area contributed by atoms with Gasteiger partial charge in [-0.1, -0.05) is 39.7 Å². The number of carbonyl (C=O) groups is 2. The number of thiazole rings is 1. The first-order valence-electron chi connectivity index (χ1n) is 15.2. The normalized spacial score (nSPS) is 26.6. The highest BCUT2D eigenvalue weighted by Crippen LogP contribution is 2.62. The summed E-state index contributed by atoms with van der Waals surface area (Å²) in [6, 6.07) is 5.74. The summed E-state index contributed by atoms with van der Waals surface area (Å²) < 4.78 is 10.7. The Hall–Kier alpha value is -2.69.